The summed E-state index contributed by atoms with van der Waals surface area (Å²) in [7, 11) is 1.83. The molecule has 11 heteroatoms. The van der Waals surface area contributed by atoms with Gasteiger partial charge in [0.2, 0.25) is 0 Å². The van der Waals surface area contributed by atoms with Crippen LogP contribution >= 0.6 is 0 Å². The molecule has 1 N–H and O–H groups in total. The highest BCUT2D eigenvalue weighted by Gasteiger charge is 2.26. The zero-order valence-corrected chi connectivity index (χ0v) is 19.9. The smallest absolute Gasteiger partial charge is 0.316 e. The average molecular weight is 476 g/mol. The van der Waals surface area contributed by atoms with E-state index in [4.69, 9.17) is 9.47 Å². The van der Waals surface area contributed by atoms with Crippen LogP contribution in [-0.4, -0.2) is 42.9 Å². The quantitative estimate of drug-likeness (QED) is 0.538. The maximum absolute atomic E-state index is 13.1. The van der Waals surface area contributed by atoms with Gasteiger partial charge in [0, 0.05) is 19.7 Å². The summed E-state index contributed by atoms with van der Waals surface area (Å²) < 4.78 is 38.8. The molecule has 0 unspecified atom stereocenters. The molecule has 1 aromatic heterocycles. The van der Waals surface area contributed by atoms with Gasteiger partial charge in [-0.3, -0.25) is 14.4 Å². The van der Waals surface area contributed by atoms with Crippen LogP contribution in [0.2, 0.25) is 0 Å². The van der Waals surface area contributed by atoms with Crippen LogP contribution in [0, 0.1) is 0 Å². The Bertz CT molecular complexity index is 1480. The lowest BCUT2D eigenvalue weighted by Gasteiger charge is -2.18. The van der Waals surface area contributed by atoms with Crippen LogP contribution in [0.1, 0.15) is 24.2 Å². The Balaban J connectivity index is 2.25. The summed E-state index contributed by atoms with van der Waals surface area (Å²) in [5.41, 5.74) is -0.848. The molecule has 0 aliphatic rings. The molecule has 0 radical (unpaired) electrons. The fourth-order valence-corrected chi connectivity index (χ4v) is 4.56. The highest BCUT2D eigenvalue weighted by Crippen LogP contribution is 2.31. The number of anilines is 1. The predicted octanol–water partition coefficient (Wildman–Crippen LogP) is 1.69. The Kier molecular flexibility index (Phi) is 6.37. The number of benzene rings is 2. The summed E-state index contributed by atoms with van der Waals surface area (Å²) in [6.07, 6.45) is 0. The van der Waals surface area contributed by atoms with E-state index < -0.39 is 32.1 Å². The van der Waals surface area contributed by atoms with Crippen molar-refractivity contribution in [1.82, 2.24) is 9.13 Å². The zero-order chi connectivity index (χ0) is 24.7. The number of carbonyl (C=O) groups is 1. The molecular formula is C22H25N3O7S. The average Bonchev–Trinajstić information content (AvgIpc) is 2.80. The topological polar surface area (TPSA) is 126 Å². The second-order valence-corrected chi connectivity index (χ2v) is 10.2. The fraction of sp³-hybridized carbons (Fsp3) is 0.318. The number of aromatic nitrogens is 2. The van der Waals surface area contributed by atoms with Gasteiger partial charge in [0.05, 0.1) is 41.1 Å². The van der Waals surface area contributed by atoms with E-state index in [1.54, 1.807) is 6.07 Å². The molecule has 0 saturated carbocycles. The number of carbonyl (C=O) groups excluding carboxylic acids is 1. The number of sulfone groups is 1. The van der Waals surface area contributed by atoms with Crippen molar-refractivity contribution in [2.45, 2.75) is 24.0 Å². The first-order valence-corrected chi connectivity index (χ1v) is 11.5. The molecule has 3 aromatic rings. The maximum Gasteiger partial charge on any atom is 0.316 e. The van der Waals surface area contributed by atoms with Crippen LogP contribution in [-0.2, 0) is 23.9 Å². The van der Waals surface area contributed by atoms with Crippen molar-refractivity contribution in [3.8, 4) is 11.5 Å². The Morgan fingerprint density at radius 3 is 1.97 bits per heavy atom. The molecule has 33 heavy (non-hydrogen) atoms. The van der Waals surface area contributed by atoms with E-state index in [1.165, 1.54) is 66.4 Å². The third-order valence-electron chi connectivity index (χ3n) is 5.41. The van der Waals surface area contributed by atoms with E-state index in [0.29, 0.717) is 11.5 Å². The molecule has 0 bridgehead atoms. The van der Waals surface area contributed by atoms with Crippen molar-refractivity contribution < 1.29 is 22.7 Å². The van der Waals surface area contributed by atoms with Crippen molar-refractivity contribution in [3.05, 3.63) is 56.6 Å². The second-order valence-electron chi connectivity index (χ2n) is 7.68. The molecule has 3 rings (SSSR count). The van der Waals surface area contributed by atoms with Crippen molar-refractivity contribution >= 4 is 32.5 Å². The van der Waals surface area contributed by atoms with Gasteiger partial charge in [-0.2, -0.15) is 0 Å². The lowest BCUT2D eigenvalue weighted by molar-refractivity contribution is 0.102. The maximum atomic E-state index is 13.1. The van der Waals surface area contributed by atoms with E-state index in [-0.39, 0.29) is 27.2 Å². The van der Waals surface area contributed by atoms with E-state index in [1.807, 2.05) is 0 Å². The number of rotatable bonds is 6. The third kappa shape index (κ3) is 4.11. The summed E-state index contributed by atoms with van der Waals surface area (Å²) in [6.45, 7) is 3.03. The molecule has 0 atom stereocenters. The van der Waals surface area contributed by atoms with E-state index in [9.17, 15) is 22.8 Å². The van der Waals surface area contributed by atoms with Crippen LogP contribution in [0.4, 0.5) is 5.69 Å². The number of methoxy groups -OCH3 is 2. The second kappa shape index (κ2) is 8.74. The SMILES string of the molecule is COc1ccc(C(=O)Nc2cc3c(cc2S(=O)(=O)C(C)C)n(C)c(=O)c(=O)n3C)cc1OC. The molecule has 0 saturated heterocycles. The largest absolute Gasteiger partial charge is 0.493 e. The number of hydrogen-bond acceptors (Lipinski definition) is 7. The first-order valence-electron chi connectivity index (χ1n) is 9.95. The van der Waals surface area contributed by atoms with Crippen molar-refractivity contribution in [3.63, 3.8) is 0 Å². The normalized spacial score (nSPS) is 11.6. The molecule has 0 fully saturated rings. The Labute approximate surface area is 190 Å². The van der Waals surface area contributed by atoms with Gasteiger partial charge in [0.1, 0.15) is 0 Å². The minimum Gasteiger partial charge on any atom is -0.493 e. The van der Waals surface area contributed by atoms with E-state index >= 15 is 0 Å². The monoisotopic (exact) mass is 475 g/mol. The standard InChI is InChI=1S/C22H25N3O7S/c1-12(2)33(29,30)19-11-16-15(24(3)21(27)22(28)25(16)4)10-14(19)23-20(26)13-7-8-17(31-5)18(9-13)32-6/h7-12H,1-6H3,(H,23,26). The van der Waals surface area contributed by atoms with Gasteiger partial charge >= 0.3 is 11.1 Å². The number of amides is 1. The number of nitrogens with one attached hydrogen (secondary N) is 1. The molecule has 0 spiro atoms. The highest BCUT2D eigenvalue weighted by atomic mass is 32.2. The number of fused-ring (bicyclic) bond motifs is 1. The molecule has 10 nitrogen and oxygen atoms in total. The zero-order valence-electron chi connectivity index (χ0n) is 19.1. The van der Waals surface area contributed by atoms with Gasteiger partial charge in [0.15, 0.2) is 21.3 Å². The van der Waals surface area contributed by atoms with Crippen LogP contribution in [0.5, 0.6) is 11.5 Å². The Morgan fingerprint density at radius 1 is 0.909 bits per heavy atom. The van der Waals surface area contributed by atoms with E-state index in [0.717, 1.165) is 9.13 Å². The molecular weight excluding hydrogens is 450 g/mol. The molecule has 0 aliphatic heterocycles. The Hall–Kier alpha value is -3.60. The minimum atomic E-state index is -3.87. The van der Waals surface area contributed by atoms with Crippen molar-refractivity contribution in [2.75, 3.05) is 19.5 Å². The first-order chi connectivity index (χ1) is 15.4. The fourth-order valence-electron chi connectivity index (χ4n) is 3.36. The van der Waals surface area contributed by atoms with Gasteiger partial charge in [-0.1, -0.05) is 0 Å². The van der Waals surface area contributed by atoms with Gasteiger partial charge in [-0.05, 0) is 44.2 Å². The van der Waals surface area contributed by atoms with Crippen LogP contribution in [0.3, 0.4) is 0 Å². The minimum absolute atomic E-state index is 0.00960. The van der Waals surface area contributed by atoms with E-state index in [2.05, 4.69) is 5.32 Å². The number of aryl methyl sites for hydroxylation is 2. The summed E-state index contributed by atoms with van der Waals surface area (Å²) >= 11 is 0. The summed E-state index contributed by atoms with van der Waals surface area (Å²) in [4.78, 5) is 37.4. The van der Waals surface area contributed by atoms with Crippen molar-refractivity contribution in [1.29, 1.82) is 0 Å². The molecule has 1 heterocycles. The van der Waals surface area contributed by atoms with Gasteiger partial charge < -0.3 is 23.9 Å². The lowest BCUT2D eigenvalue weighted by Crippen LogP contribution is -2.39. The number of hydrogen-bond donors (Lipinski definition) is 1. The van der Waals surface area contributed by atoms with Crippen LogP contribution < -0.4 is 25.9 Å². The lowest BCUT2D eigenvalue weighted by atomic mass is 10.1. The number of nitrogens with zero attached hydrogens (tertiary/aromatic N) is 2. The Morgan fingerprint density at radius 2 is 1.45 bits per heavy atom. The molecule has 0 aliphatic carbocycles. The first kappa shape index (κ1) is 24.1. The van der Waals surface area contributed by atoms with Crippen LogP contribution in [0.15, 0.2) is 44.8 Å². The number of ether oxygens (including phenoxy) is 2. The predicted molar refractivity (Wildman–Crippen MR) is 124 cm³/mol. The summed E-state index contributed by atoms with van der Waals surface area (Å²) in [5, 5.41) is 1.84. The van der Waals surface area contributed by atoms with Crippen molar-refractivity contribution in [2.24, 2.45) is 14.1 Å². The third-order valence-corrected chi connectivity index (χ3v) is 7.60. The highest BCUT2D eigenvalue weighted by molar-refractivity contribution is 7.92. The molecule has 2 aromatic carbocycles. The van der Waals surface area contributed by atoms with Gasteiger partial charge in [-0.25, -0.2) is 8.42 Å². The van der Waals surface area contributed by atoms with Crippen LogP contribution in [0.25, 0.3) is 11.0 Å². The summed E-state index contributed by atoms with van der Waals surface area (Å²) in [5.74, 6) is 0.167. The van der Waals surface area contributed by atoms with Gasteiger partial charge in [-0.15, -0.1) is 0 Å². The summed E-state index contributed by atoms with van der Waals surface area (Å²) in [6, 6.07) is 7.21. The molecule has 1 amide bonds. The molecule has 176 valence electrons. The van der Waals surface area contributed by atoms with Gasteiger partial charge in [0.25, 0.3) is 5.91 Å².